The van der Waals surface area contributed by atoms with Crippen LogP contribution in [0.15, 0.2) is 6.07 Å². The van der Waals surface area contributed by atoms with Crippen LogP contribution >= 0.6 is 0 Å². The molecule has 1 aliphatic carbocycles. The molecule has 0 bridgehead atoms. The van der Waals surface area contributed by atoms with Crippen molar-refractivity contribution in [3.05, 3.63) is 40.0 Å². The number of carbonyl (C=O) groups is 2. The van der Waals surface area contributed by atoms with Gasteiger partial charge in [-0.05, 0) is 43.2 Å². The monoisotopic (exact) mass is 384 g/mol. The Bertz CT molecular complexity index is 902. The second-order valence-corrected chi connectivity index (χ2v) is 9.33. The van der Waals surface area contributed by atoms with Gasteiger partial charge in [-0.3, -0.25) is 14.7 Å². The van der Waals surface area contributed by atoms with Crippen molar-refractivity contribution in [2.75, 3.05) is 0 Å². The molecule has 3 rings (SSSR count). The maximum absolute atomic E-state index is 13.0. The minimum absolute atomic E-state index is 0.0407. The van der Waals surface area contributed by atoms with Crippen molar-refractivity contribution in [1.29, 1.82) is 0 Å². The van der Waals surface area contributed by atoms with Crippen molar-refractivity contribution < 1.29 is 9.59 Å². The van der Waals surface area contributed by atoms with Gasteiger partial charge in [-0.15, -0.1) is 0 Å². The van der Waals surface area contributed by atoms with Crippen LogP contribution in [0.1, 0.15) is 72.8 Å². The van der Waals surface area contributed by atoms with Crippen LogP contribution in [-0.2, 0) is 30.7 Å². The molecule has 152 valence electrons. The smallest absolute Gasteiger partial charge is 0.224 e. The van der Waals surface area contributed by atoms with E-state index in [2.05, 4.69) is 47.8 Å². The lowest BCUT2D eigenvalue weighted by atomic mass is 9.75. The van der Waals surface area contributed by atoms with Gasteiger partial charge in [0, 0.05) is 35.6 Å². The number of ketones is 1. The number of Topliss-reactive ketones (excluding diaryl/α,β-unsaturated/α-hetero) is 1. The average molecular weight is 385 g/mol. The summed E-state index contributed by atoms with van der Waals surface area (Å²) in [6.45, 7) is 13.9. The van der Waals surface area contributed by atoms with E-state index in [1.807, 2.05) is 19.9 Å². The van der Waals surface area contributed by atoms with Crippen molar-refractivity contribution in [3.8, 4) is 0 Å². The number of rotatable bonds is 6. The van der Waals surface area contributed by atoms with E-state index in [1.165, 1.54) is 0 Å². The third-order valence-corrected chi connectivity index (χ3v) is 5.43. The lowest BCUT2D eigenvalue weighted by molar-refractivity contribution is -0.120. The first-order valence-corrected chi connectivity index (χ1v) is 10.1. The van der Waals surface area contributed by atoms with E-state index >= 15 is 0 Å². The zero-order valence-corrected chi connectivity index (χ0v) is 17.9. The molecule has 2 heterocycles. The zero-order chi connectivity index (χ0) is 20.6. The number of amides is 1. The Kier molecular flexibility index (Phi) is 5.50. The number of hydrogen-bond acceptors (Lipinski definition) is 3. The van der Waals surface area contributed by atoms with Crippen LogP contribution in [0.3, 0.4) is 0 Å². The second kappa shape index (κ2) is 7.57. The number of aromatic amines is 1. The fourth-order valence-electron chi connectivity index (χ4n) is 4.21. The quantitative estimate of drug-likeness (QED) is 0.800. The first-order valence-electron chi connectivity index (χ1n) is 10.1. The number of carbonyl (C=O) groups excluding carboxylic acids is 2. The summed E-state index contributed by atoms with van der Waals surface area (Å²) in [5, 5.41) is 9.96. The molecule has 2 aromatic rings. The van der Waals surface area contributed by atoms with E-state index < -0.39 is 0 Å². The molecule has 0 saturated heterocycles. The average Bonchev–Trinajstić information content (AvgIpc) is 3.09. The van der Waals surface area contributed by atoms with Gasteiger partial charge in [0.25, 0.3) is 0 Å². The first kappa shape index (κ1) is 20.4. The highest BCUT2D eigenvalue weighted by molar-refractivity contribution is 6.01. The molecular formula is C22H32N4O2. The number of aryl methyl sites for hydroxylation is 1. The van der Waals surface area contributed by atoms with Gasteiger partial charge in [-0.25, -0.2) is 0 Å². The van der Waals surface area contributed by atoms with Crippen molar-refractivity contribution >= 4 is 11.7 Å². The van der Waals surface area contributed by atoms with Crippen LogP contribution in [-0.4, -0.2) is 26.5 Å². The van der Waals surface area contributed by atoms with Gasteiger partial charge in [0.15, 0.2) is 5.78 Å². The van der Waals surface area contributed by atoms with Gasteiger partial charge < -0.3 is 9.88 Å². The third-order valence-electron chi connectivity index (χ3n) is 5.43. The largest absolute Gasteiger partial charge is 0.350 e. The van der Waals surface area contributed by atoms with Crippen LogP contribution in [0.5, 0.6) is 0 Å². The van der Waals surface area contributed by atoms with Crippen LogP contribution < -0.4 is 5.32 Å². The molecule has 0 unspecified atom stereocenters. The van der Waals surface area contributed by atoms with Crippen molar-refractivity contribution in [2.24, 2.45) is 11.3 Å². The molecule has 6 nitrogen and oxygen atoms in total. The van der Waals surface area contributed by atoms with Crippen molar-refractivity contribution in [1.82, 2.24) is 20.1 Å². The summed E-state index contributed by atoms with van der Waals surface area (Å²) in [6, 6.07) is 1.91. The molecule has 0 spiro atoms. The van der Waals surface area contributed by atoms with Gasteiger partial charge in [-0.2, -0.15) is 5.10 Å². The maximum Gasteiger partial charge on any atom is 0.224 e. The molecule has 0 atom stereocenters. The number of nitrogens with one attached hydrogen (secondary N) is 2. The molecule has 1 amide bonds. The Morgan fingerprint density at radius 2 is 2.04 bits per heavy atom. The summed E-state index contributed by atoms with van der Waals surface area (Å²) in [6.07, 6.45) is 1.64. The Labute approximate surface area is 167 Å². The van der Waals surface area contributed by atoms with Crippen molar-refractivity contribution in [2.45, 2.75) is 73.9 Å². The molecule has 0 saturated carbocycles. The molecule has 0 fully saturated rings. The minimum Gasteiger partial charge on any atom is -0.350 e. The predicted molar refractivity (Wildman–Crippen MR) is 109 cm³/mol. The molecule has 2 aromatic heterocycles. The lowest BCUT2D eigenvalue weighted by Crippen LogP contribution is -2.29. The molecule has 2 N–H and O–H groups in total. The number of fused-ring (bicyclic) bond motifs is 1. The van der Waals surface area contributed by atoms with E-state index in [9.17, 15) is 9.59 Å². The van der Waals surface area contributed by atoms with Gasteiger partial charge in [0.2, 0.25) is 5.91 Å². The molecule has 0 radical (unpaired) electrons. The van der Waals surface area contributed by atoms with E-state index in [0.29, 0.717) is 18.9 Å². The summed E-state index contributed by atoms with van der Waals surface area (Å²) in [4.78, 5) is 25.6. The SMILES string of the molecule is Cc1cc(CNC(=O)Cc2c3c(n(CC(C)C)c2C)CC(C)(C)CC3=O)n[nH]1. The Morgan fingerprint density at radius 1 is 1.32 bits per heavy atom. The third kappa shape index (κ3) is 4.21. The highest BCUT2D eigenvalue weighted by atomic mass is 16.1. The fourth-order valence-corrected chi connectivity index (χ4v) is 4.21. The van der Waals surface area contributed by atoms with Crippen LogP contribution in [0.2, 0.25) is 0 Å². The molecule has 0 aromatic carbocycles. The summed E-state index contributed by atoms with van der Waals surface area (Å²) < 4.78 is 2.28. The van der Waals surface area contributed by atoms with Crippen LogP contribution in [0, 0.1) is 25.2 Å². The van der Waals surface area contributed by atoms with E-state index in [0.717, 1.165) is 46.9 Å². The Morgan fingerprint density at radius 3 is 2.64 bits per heavy atom. The fraction of sp³-hybridized carbons (Fsp3) is 0.591. The lowest BCUT2D eigenvalue weighted by Gasteiger charge is -2.30. The standard InChI is InChI=1S/C22H32N4O2/c1-13(2)12-26-15(4)17(21-18(26)9-22(5,6)10-19(21)27)8-20(28)23-11-16-7-14(3)24-25-16/h7,13H,8-12H2,1-6H3,(H,23,28)(H,24,25). The molecule has 1 aliphatic rings. The van der Waals surface area contributed by atoms with E-state index in [-0.39, 0.29) is 23.5 Å². The summed E-state index contributed by atoms with van der Waals surface area (Å²) in [5.74, 6) is 0.563. The van der Waals surface area contributed by atoms with Gasteiger partial charge in [0.1, 0.15) is 0 Å². The summed E-state index contributed by atoms with van der Waals surface area (Å²) >= 11 is 0. The van der Waals surface area contributed by atoms with E-state index in [1.54, 1.807) is 0 Å². The molecule has 28 heavy (non-hydrogen) atoms. The maximum atomic E-state index is 13.0. The van der Waals surface area contributed by atoms with Gasteiger partial charge in [-0.1, -0.05) is 27.7 Å². The topological polar surface area (TPSA) is 79.8 Å². The van der Waals surface area contributed by atoms with Crippen LogP contribution in [0.25, 0.3) is 0 Å². The van der Waals surface area contributed by atoms with Crippen LogP contribution in [0.4, 0.5) is 0 Å². The normalized spacial score (nSPS) is 15.8. The molecular weight excluding hydrogens is 352 g/mol. The van der Waals surface area contributed by atoms with Gasteiger partial charge in [0.05, 0.1) is 18.7 Å². The summed E-state index contributed by atoms with van der Waals surface area (Å²) in [5.41, 5.74) is 5.58. The number of nitrogens with zero attached hydrogens (tertiary/aromatic N) is 2. The zero-order valence-electron chi connectivity index (χ0n) is 17.9. The summed E-state index contributed by atoms with van der Waals surface area (Å²) in [7, 11) is 0. The second-order valence-electron chi connectivity index (χ2n) is 9.33. The minimum atomic E-state index is -0.0779. The molecule has 6 heteroatoms. The number of hydrogen-bond donors (Lipinski definition) is 2. The molecule has 0 aliphatic heterocycles. The Balaban J connectivity index is 1.87. The highest BCUT2D eigenvalue weighted by Crippen LogP contribution is 2.39. The number of aromatic nitrogens is 3. The van der Waals surface area contributed by atoms with Gasteiger partial charge >= 0.3 is 0 Å². The first-order chi connectivity index (χ1) is 13.1. The number of H-pyrrole nitrogens is 1. The predicted octanol–water partition coefficient (Wildman–Crippen LogP) is 3.50. The van der Waals surface area contributed by atoms with E-state index in [4.69, 9.17) is 0 Å². The van der Waals surface area contributed by atoms with Crippen molar-refractivity contribution in [3.63, 3.8) is 0 Å². The Hall–Kier alpha value is -2.37. The highest BCUT2D eigenvalue weighted by Gasteiger charge is 2.37.